The summed E-state index contributed by atoms with van der Waals surface area (Å²) < 4.78 is 0.898. The fourth-order valence-corrected chi connectivity index (χ4v) is 2.88. The third-order valence-electron chi connectivity index (χ3n) is 2.35. The van der Waals surface area contributed by atoms with Crippen LogP contribution in [0, 0.1) is 0 Å². The van der Waals surface area contributed by atoms with Crippen LogP contribution in [0.25, 0.3) is 0 Å². The highest BCUT2D eigenvalue weighted by Gasteiger charge is 2.16. The number of thiazole rings is 1. The van der Waals surface area contributed by atoms with Gasteiger partial charge in [0.1, 0.15) is 10.7 Å². The van der Waals surface area contributed by atoms with E-state index < -0.39 is 0 Å². The second-order valence-corrected chi connectivity index (χ2v) is 6.41. The average molecular weight is 355 g/mol. The molecule has 0 aliphatic heterocycles. The molecular weight excluding hydrogens is 340 g/mol. The normalized spacial score (nSPS) is 10.6. The number of hydrogen-bond donors (Lipinski definition) is 3. The molecule has 0 saturated carbocycles. The predicted molar refractivity (Wildman–Crippen MR) is 87.4 cm³/mol. The minimum absolute atomic E-state index is 0.238. The maximum absolute atomic E-state index is 12.2. The van der Waals surface area contributed by atoms with E-state index in [0.717, 1.165) is 4.47 Å². The van der Waals surface area contributed by atoms with Crippen molar-refractivity contribution in [1.82, 2.24) is 4.98 Å². The third kappa shape index (κ3) is 3.71. The van der Waals surface area contributed by atoms with Crippen molar-refractivity contribution in [2.45, 2.75) is 19.9 Å². The Balaban J connectivity index is 2.15. The summed E-state index contributed by atoms with van der Waals surface area (Å²) in [5, 5.41) is 6.58. The monoisotopic (exact) mass is 354 g/mol. The van der Waals surface area contributed by atoms with Gasteiger partial charge in [0.15, 0.2) is 5.13 Å². The van der Waals surface area contributed by atoms with Gasteiger partial charge < -0.3 is 16.4 Å². The Kier molecular flexibility index (Phi) is 4.61. The van der Waals surface area contributed by atoms with Crippen LogP contribution in [0.4, 0.5) is 16.6 Å². The molecule has 20 heavy (non-hydrogen) atoms. The molecule has 0 bridgehead atoms. The first kappa shape index (κ1) is 14.8. The fraction of sp³-hybridized carbons (Fsp3) is 0.231. The second-order valence-electron chi connectivity index (χ2n) is 4.50. The molecule has 2 rings (SSSR count). The number of aromatic nitrogens is 1. The van der Waals surface area contributed by atoms with Crippen LogP contribution in [0.5, 0.6) is 0 Å². The highest BCUT2D eigenvalue weighted by atomic mass is 79.9. The number of nitrogen functional groups attached to an aromatic ring is 1. The largest absolute Gasteiger partial charge is 0.382 e. The Morgan fingerprint density at radius 2 is 2.20 bits per heavy atom. The second kappa shape index (κ2) is 6.23. The molecule has 106 valence electrons. The van der Waals surface area contributed by atoms with Gasteiger partial charge >= 0.3 is 0 Å². The lowest BCUT2D eigenvalue weighted by molar-refractivity contribution is 0.103. The molecule has 7 heteroatoms. The smallest absolute Gasteiger partial charge is 0.269 e. The number of hydrogen-bond acceptors (Lipinski definition) is 5. The van der Waals surface area contributed by atoms with E-state index in [1.165, 1.54) is 11.3 Å². The molecule has 1 heterocycles. The predicted octanol–water partition coefficient (Wildman–Crippen LogP) is 3.56. The maximum Gasteiger partial charge on any atom is 0.269 e. The van der Waals surface area contributed by atoms with Crippen molar-refractivity contribution in [1.29, 1.82) is 0 Å². The number of rotatable bonds is 4. The van der Waals surface area contributed by atoms with Gasteiger partial charge in [-0.25, -0.2) is 4.98 Å². The molecule has 2 aromatic rings. The zero-order chi connectivity index (χ0) is 14.7. The molecule has 0 unspecified atom stereocenters. The van der Waals surface area contributed by atoms with Crippen LogP contribution < -0.4 is 16.4 Å². The van der Waals surface area contributed by atoms with Crippen LogP contribution in [0.1, 0.15) is 23.5 Å². The van der Waals surface area contributed by atoms with Gasteiger partial charge in [-0.05, 0) is 32.0 Å². The summed E-state index contributed by atoms with van der Waals surface area (Å²) in [5.74, 6) is -0.0134. The highest BCUT2D eigenvalue weighted by molar-refractivity contribution is 9.10. The maximum atomic E-state index is 12.2. The molecule has 5 nitrogen and oxygen atoms in total. The summed E-state index contributed by atoms with van der Waals surface area (Å²) in [5.41, 5.74) is 6.49. The first-order chi connectivity index (χ1) is 9.45. The van der Waals surface area contributed by atoms with Gasteiger partial charge in [0, 0.05) is 16.2 Å². The van der Waals surface area contributed by atoms with E-state index in [0.29, 0.717) is 15.7 Å². The minimum atomic E-state index is -0.255. The number of nitrogens with one attached hydrogen (secondary N) is 2. The fourth-order valence-electron chi connectivity index (χ4n) is 1.56. The van der Waals surface area contributed by atoms with E-state index in [1.807, 2.05) is 38.1 Å². The van der Waals surface area contributed by atoms with Crippen molar-refractivity contribution in [3.8, 4) is 0 Å². The Hall–Kier alpha value is -1.60. The molecule has 1 amide bonds. The molecular formula is C13H15BrN4OS. The Morgan fingerprint density at radius 1 is 1.45 bits per heavy atom. The number of benzene rings is 1. The number of nitrogens with two attached hydrogens (primary N) is 1. The lowest BCUT2D eigenvalue weighted by Crippen LogP contribution is -2.12. The molecule has 4 N–H and O–H groups in total. The lowest BCUT2D eigenvalue weighted by Gasteiger charge is -2.04. The van der Waals surface area contributed by atoms with Crippen molar-refractivity contribution in [2.75, 3.05) is 16.4 Å². The Labute approximate surface area is 129 Å². The van der Waals surface area contributed by atoms with Gasteiger partial charge in [0.25, 0.3) is 5.91 Å². The summed E-state index contributed by atoms with van der Waals surface area (Å²) in [6.45, 7) is 4.00. The topological polar surface area (TPSA) is 80.0 Å². The van der Waals surface area contributed by atoms with Gasteiger partial charge in [-0.2, -0.15) is 0 Å². The lowest BCUT2D eigenvalue weighted by atomic mass is 10.3. The average Bonchev–Trinajstić information content (AvgIpc) is 2.69. The van der Waals surface area contributed by atoms with Crippen molar-refractivity contribution in [3.63, 3.8) is 0 Å². The van der Waals surface area contributed by atoms with Gasteiger partial charge in [-0.1, -0.05) is 33.3 Å². The molecule has 1 aromatic carbocycles. The SMILES string of the molecule is CC(C)Nc1nc(N)c(C(=O)Nc2cccc(Br)c2)s1. The van der Waals surface area contributed by atoms with E-state index in [1.54, 1.807) is 0 Å². The first-order valence-corrected chi connectivity index (χ1v) is 7.66. The number of carbonyl (C=O) groups excluding carboxylic acids is 1. The zero-order valence-electron chi connectivity index (χ0n) is 11.1. The molecule has 0 fully saturated rings. The van der Waals surface area contributed by atoms with E-state index in [9.17, 15) is 4.79 Å². The number of anilines is 3. The molecule has 1 aromatic heterocycles. The van der Waals surface area contributed by atoms with Crippen molar-refractivity contribution >= 4 is 49.8 Å². The molecule has 0 saturated heterocycles. The number of carbonyl (C=O) groups is 1. The zero-order valence-corrected chi connectivity index (χ0v) is 13.5. The first-order valence-electron chi connectivity index (χ1n) is 6.05. The van der Waals surface area contributed by atoms with Gasteiger partial charge in [-0.3, -0.25) is 4.79 Å². The summed E-state index contributed by atoms with van der Waals surface area (Å²) in [7, 11) is 0. The van der Waals surface area contributed by atoms with Gasteiger partial charge in [0.05, 0.1) is 0 Å². The van der Waals surface area contributed by atoms with Crippen molar-refractivity contribution in [3.05, 3.63) is 33.6 Å². The molecule has 0 atom stereocenters. The number of nitrogens with zero attached hydrogens (tertiary/aromatic N) is 1. The van der Waals surface area contributed by atoms with Crippen LogP contribution in [-0.2, 0) is 0 Å². The molecule has 0 aliphatic carbocycles. The number of amides is 1. The highest BCUT2D eigenvalue weighted by Crippen LogP contribution is 2.26. The molecule has 0 aliphatic rings. The summed E-state index contributed by atoms with van der Waals surface area (Å²) >= 11 is 4.61. The minimum Gasteiger partial charge on any atom is -0.382 e. The van der Waals surface area contributed by atoms with Crippen LogP contribution in [0.15, 0.2) is 28.7 Å². The third-order valence-corrected chi connectivity index (χ3v) is 3.85. The van der Waals surface area contributed by atoms with Crippen LogP contribution in [0.3, 0.4) is 0 Å². The number of halogens is 1. The summed E-state index contributed by atoms with van der Waals surface area (Å²) in [6, 6.07) is 7.61. The van der Waals surface area contributed by atoms with Gasteiger partial charge in [-0.15, -0.1) is 0 Å². The van der Waals surface area contributed by atoms with E-state index in [4.69, 9.17) is 5.73 Å². The van der Waals surface area contributed by atoms with Gasteiger partial charge in [0.2, 0.25) is 0 Å². The van der Waals surface area contributed by atoms with E-state index in [-0.39, 0.29) is 17.8 Å². The molecule has 0 radical (unpaired) electrons. The van der Waals surface area contributed by atoms with E-state index >= 15 is 0 Å². The Bertz CT molecular complexity index is 627. The van der Waals surface area contributed by atoms with Crippen LogP contribution in [0.2, 0.25) is 0 Å². The summed E-state index contributed by atoms with van der Waals surface area (Å²) in [4.78, 5) is 16.7. The summed E-state index contributed by atoms with van der Waals surface area (Å²) in [6.07, 6.45) is 0. The quantitative estimate of drug-likeness (QED) is 0.783. The van der Waals surface area contributed by atoms with Crippen LogP contribution in [-0.4, -0.2) is 16.9 Å². The standard InChI is InChI=1S/C13H15BrN4OS/c1-7(2)16-13-18-11(15)10(20-13)12(19)17-9-5-3-4-8(14)6-9/h3-7H,15H2,1-2H3,(H,16,18)(H,17,19). The molecule has 0 spiro atoms. The van der Waals surface area contributed by atoms with E-state index in [2.05, 4.69) is 31.5 Å². The van der Waals surface area contributed by atoms with Crippen molar-refractivity contribution in [2.24, 2.45) is 0 Å². The van der Waals surface area contributed by atoms with Crippen molar-refractivity contribution < 1.29 is 4.79 Å². The Morgan fingerprint density at radius 3 is 2.85 bits per heavy atom. The van der Waals surface area contributed by atoms with Crippen LogP contribution >= 0.6 is 27.3 Å².